The van der Waals surface area contributed by atoms with E-state index >= 15 is 0 Å². The number of aromatic hydroxyl groups is 1. The Hall–Kier alpha value is -2.23. The fraction of sp³-hybridized carbons (Fsp3) is 0.214. The number of anilines is 1. The summed E-state index contributed by atoms with van der Waals surface area (Å²) in [7, 11) is 0. The van der Waals surface area contributed by atoms with E-state index in [9.17, 15) is 9.90 Å². The molecule has 0 heterocycles. The fourth-order valence-corrected chi connectivity index (χ4v) is 1.46. The van der Waals surface area contributed by atoms with Gasteiger partial charge in [-0.25, -0.2) is 0 Å². The Labute approximate surface area is 107 Å². The van der Waals surface area contributed by atoms with Gasteiger partial charge in [-0.05, 0) is 26.0 Å². The monoisotopic (exact) mass is 246 g/mol. The van der Waals surface area contributed by atoms with Gasteiger partial charge in [0.15, 0.2) is 5.78 Å². The fourth-order valence-electron chi connectivity index (χ4n) is 1.46. The molecule has 0 radical (unpaired) electrons. The van der Waals surface area contributed by atoms with E-state index in [1.54, 1.807) is 18.2 Å². The van der Waals surface area contributed by atoms with E-state index in [1.165, 1.54) is 13.0 Å². The normalized spacial score (nSPS) is 10.9. The molecule has 0 unspecified atom stereocenters. The van der Waals surface area contributed by atoms with Crippen LogP contribution in [0.2, 0.25) is 0 Å². The molecule has 0 aliphatic carbocycles. The average molecular weight is 246 g/mol. The van der Waals surface area contributed by atoms with Gasteiger partial charge in [0.25, 0.3) is 0 Å². The number of benzene rings is 1. The first-order valence-corrected chi connectivity index (χ1v) is 5.64. The molecule has 0 bridgehead atoms. The lowest BCUT2D eigenvalue weighted by molar-refractivity contribution is -0.112. The third-order valence-electron chi connectivity index (χ3n) is 2.12. The zero-order valence-corrected chi connectivity index (χ0v) is 10.7. The van der Waals surface area contributed by atoms with Crippen LogP contribution in [0.15, 0.2) is 48.3 Å². The van der Waals surface area contributed by atoms with E-state index in [-0.39, 0.29) is 11.5 Å². The number of hydrogen-bond acceptors (Lipinski definition) is 4. The van der Waals surface area contributed by atoms with Gasteiger partial charge < -0.3 is 15.7 Å². The first kappa shape index (κ1) is 13.8. The Kier molecular flexibility index (Phi) is 4.99. The molecule has 0 saturated heterocycles. The van der Waals surface area contributed by atoms with Crippen molar-refractivity contribution in [2.75, 3.05) is 11.9 Å². The highest BCUT2D eigenvalue weighted by molar-refractivity contribution is 5.88. The SMILES string of the molecule is C=C(C)N/C(=C\C(C)=O)CNc1ccccc1O. The largest absolute Gasteiger partial charge is 0.506 e. The van der Waals surface area contributed by atoms with E-state index in [0.29, 0.717) is 17.9 Å². The summed E-state index contributed by atoms with van der Waals surface area (Å²) in [6, 6.07) is 6.94. The molecule has 0 amide bonds. The maximum atomic E-state index is 11.1. The molecular formula is C14H18N2O2. The quantitative estimate of drug-likeness (QED) is 0.533. The van der Waals surface area contributed by atoms with Crippen LogP contribution in [-0.2, 0) is 4.79 Å². The minimum Gasteiger partial charge on any atom is -0.506 e. The van der Waals surface area contributed by atoms with Crippen LogP contribution in [0.25, 0.3) is 0 Å². The molecule has 4 heteroatoms. The Balaban J connectivity index is 2.71. The van der Waals surface area contributed by atoms with Crippen molar-refractivity contribution in [2.45, 2.75) is 13.8 Å². The number of phenolic OH excluding ortho intramolecular Hbond substituents is 1. The summed E-state index contributed by atoms with van der Waals surface area (Å²) < 4.78 is 0. The number of phenols is 1. The smallest absolute Gasteiger partial charge is 0.154 e. The summed E-state index contributed by atoms with van der Waals surface area (Å²) in [6.45, 7) is 7.44. The number of ketones is 1. The summed E-state index contributed by atoms with van der Waals surface area (Å²) in [4.78, 5) is 11.1. The van der Waals surface area contributed by atoms with Crippen molar-refractivity contribution in [3.8, 4) is 5.75 Å². The zero-order valence-electron chi connectivity index (χ0n) is 10.7. The number of rotatable bonds is 6. The summed E-state index contributed by atoms with van der Waals surface area (Å²) in [6.07, 6.45) is 1.50. The van der Waals surface area contributed by atoms with Gasteiger partial charge in [-0.15, -0.1) is 0 Å². The van der Waals surface area contributed by atoms with Crippen molar-refractivity contribution in [3.63, 3.8) is 0 Å². The van der Waals surface area contributed by atoms with Gasteiger partial charge in [0.1, 0.15) is 5.75 Å². The summed E-state index contributed by atoms with van der Waals surface area (Å²) >= 11 is 0. The van der Waals surface area contributed by atoms with Crippen LogP contribution < -0.4 is 10.6 Å². The van der Waals surface area contributed by atoms with Crippen molar-refractivity contribution in [1.29, 1.82) is 0 Å². The molecule has 0 fully saturated rings. The molecule has 0 atom stereocenters. The van der Waals surface area contributed by atoms with Gasteiger partial charge in [0, 0.05) is 17.5 Å². The third kappa shape index (κ3) is 4.74. The molecule has 0 spiro atoms. The van der Waals surface area contributed by atoms with Crippen molar-refractivity contribution in [2.24, 2.45) is 0 Å². The maximum absolute atomic E-state index is 11.1. The van der Waals surface area contributed by atoms with Gasteiger partial charge in [0.05, 0.1) is 12.2 Å². The predicted molar refractivity (Wildman–Crippen MR) is 73.3 cm³/mol. The molecule has 0 aliphatic rings. The van der Waals surface area contributed by atoms with Crippen LogP contribution in [0.4, 0.5) is 5.69 Å². The van der Waals surface area contributed by atoms with Crippen LogP contribution >= 0.6 is 0 Å². The molecule has 3 N–H and O–H groups in total. The van der Waals surface area contributed by atoms with Crippen LogP contribution in [0.1, 0.15) is 13.8 Å². The highest BCUT2D eigenvalue weighted by Crippen LogP contribution is 2.21. The van der Waals surface area contributed by atoms with Gasteiger partial charge in [-0.1, -0.05) is 18.7 Å². The Morgan fingerprint density at radius 2 is 2.06 bits per heavy atom. The molecule has 4 nitrogen and oxygen atoms in total. The molecular weight excluding hydrogens is 228 g/mol. The standard InChI is InChI=1S/C14H18N2O2/c1-10(2)16-12(8-11(3)17)9-15-13-6-4-5-7-14(13)18/h4-8,15-16,18H,1,9H2,2-3H3/b12-8-. The van der Waals surface area contributed by atoms with Crippen LogP contribution in [0, 0.1) is 0 Å². The lowest BCUT2D eigenvalue weighted by Crippen LogP contribution is -2.19. The summed E-state index contributed by atoms with van der Waals surface area (Å²) in [5.41, 5.74) is 2.08. The van der Waals surface area contributed by atoms with Crippen LogP contribution in [0.5, 0.6) is 5.75 Å². The van der Waals surface area contributed by atoms with Gasteiger partial charge in [-0.3, -0.25) is 4.79 Å². The van der Waals surface area contributed by atoms with E-state index in [1.807, 2.05) is 13.0 Å². The van der Waals surface area contributed by atoms with Gasteiger partial charge in [0.2, 0.25) is 0 Å². The third-order valence-corrected chi connectivity index (χ3v) is 2.12. The molecule has 1 aromatic carbocycles. The lowest BCUT2D eigenvalue weighted by Gasteiger charge is -2.13. The van der Waals surface area contributed by atoms with Gasteiger partial charge >= 0.3 is 0 Å². The zero-order chi connectivity index (χ0) is 13.5. The van der Waals surface area contributed by atoms with Crippen LogP contribution in [0.3, 0.4) is 0 Å². The highest BCUT2D eigenvalue weighted by Gasteiger charge is 2.02. The number of allylic oxidation sites excluding steroid dienone is 2. The molecule has 0 aromatic heterocycles. The predicted octanol–water partition coefficient (Wildman–Crippen LogP) is 2.40. The lowest BCUT2D eigenvalue weighted by atomic mass is 10.2. The van der Waals surface area contributed by atoms with E-state index in [0.717, 1.165) is 5.70 Å². The van der Waals surface area contributed by atoms with Crippen LogP contribution in [-0.4, -0.2) is 17.4 Å². The van der Waals surface area contributed by atoms with E-state index < -0.39 is 0 Å². The van der Waals surface area contributed by atoms with Gasteiger partial charge in [-0.2, -0.15) is 0 Å². The Morgan fingerprint density at radius 1 is 1.39 bits per heavy atom. The Bertz CT molecular complexity index is 478. The molecule has 0 saturated carbocycles. The topological polar surface area (TPSA) is 61.4 Å². The molecule has 96 valence electrons. The molecule has 18 heavy (non-hydrogen) atoms. The minimum absolute atomic E-state index is 0.0437. The van der Waals surface area contributed by atoms with E-state index in [4.69, 9.17) is 0 Å². The second kappa shape index (κ2) is 6.49. The maximum Gasteiger partial charge on any atom is 0.154 e. The highest BCUT2D eigenvalue weighted by atomic mass is 16.3. The molecule has 1 aromatic rings. The number of para-hydroxylation sites is 2. The van der Waals surface area contributed by atoms with Crippen molar-refractivity contribution in [3.05, 3.63) is 48.3 Å². The van der Waals surface area contributed by atoms with Crippen molar-refractivity contribution in [1.82, 2.24) is 5.32 Å². The molecule has 1 rings (SSSR count). The molecule has 0 aliphatic heterocycles. The minimum atomic E-state index is -0.0437. The van der Waals surface area contributed by atoms with E-state index in [2.05, 4.69) is 17.2 Å². The summed E-state index contributed by atoms with van der Waals surface area (Å²) in [5.74, 6) is 0.132. The first-order valence-electron chi connectivity index (χ1n) is 5.64. The first-order chi connectivity index (χ1) is 8.49. The average Bonchev–Trinajstić information content (AvgIpc) is 2.26. The van der Waals surface area contributed by atoms with Crippen molar-refractivity contribution < 1.29 is 9.90 Å². The number of hydrogen-bond donors (Lipinski definition) is 3. The Morgan fingerprint density at radius 3 is 2.61 bits per heavy atom. The second-order valence-electron chi connectivity index (χ2n) is 4.06. The second-order valence-corrected chi connectivity index (χ2v) is 4.06. The number of nitrogens with one attached hydrogen (secondary N) is 2. The summed E-state index contributed by atoms with van der Waals surface area (Å²) in [5, 5.41) is 15.7. The van der Waals surface area contributed by atoms with Crippen molar-refractivity contribution >= 4 is 11.5 Å². The number of carbonyl (C=O) groups excluding carboxylic acids is 1. The number of carbonyl (C=O) groups is 1.